The van der Waals surface area contributed by atoms with Gasteiger partial charge >= 0.3 is 5.97 Å². The molecule has 7 nitrogen and oxygen atoms in total. The summed E-state index contributed by atoms with van der Waals surface area (Å²) < 4.78 is 0. The molecular formula is C12H12N2O5S. The lowest BCUT2D eigenvalue weighted by molar-refractivity contribution is -0.130. The van der Waals surface area contributed by atoms with Gasteiger partial charge in [-0.1, -0.05) is 6.07 Å². The van der Waals surface area contributed by atoms with Gasteiger partial charge < -0.3 is 20.4 Å². The van der Waals surface area contributed by atoms with E-state index in [1.165, 1.54) is 34.9 Å². The summed E-state index contributed by atoms with van der Waals surface area (Å²) in [6, 6.07) is 4.03. The molecule has 3 N–H and O–H groups in total. The number of aromatic hydroxyl groups is 1. The van der Waals surface area contributed by atoms with Gasteiger partial charge in [0.15, 0.2) is 5.75 Å². The molecule has 0 spiro atoms. The molecule has 1 aliphatic rings. The molecule has 0 unspecified atom stereocenters. The summed E-state index contributed by atoms with van der Waals surface area (Å²) in [6.45, 7) is -0.122. The fourth-order valence-electron chi connectivity index (χ4n) is 1.72. The lowest BCUT2D eigenvalue weighted by Crippen LogP contribution is -2.34. The molecule has 2 rings (SSSR count). The number of carbonyl (C=O) groups excluding carboxylic acids is 2. The van der Waals surface area contributed by atoms with Crippen molar-refractivity contribution in [3.63, 3.8) is 0 Å². The molecule has 20 heavy (non-hydrogen) atoms. The Morgan fingerprint density at radius 1 is 1.40 bits per heavy atom. The molecule has 1 fully saturated rings. The summed E-state index contributed by atoms with van der Waals surface area (Å²) in [4.78, 5) is 35.4. The average molecular weight is 296 g/mol. The van der Waals surface area contributed by atoms with E-state index < -0.39 is 17.6 Å². The van der Waals surface area contributed by atoms with Crippen molar-refractivity contribution < 1.29 is 24.6 Å². The predicted octanol–water partition coefficient (Wildman–Crippen LogP) is 0.562. The molecule has 0 bridgehead atoms. The van der Waals surface area contributed by atoms with Crippen molar-refractivity contribution in [2.24, 2.45) is 0 Å². The number of anilines is 1. The maximum atomic E-state index is 11.8. The molecule has 2 amide bonds. The smallest absolute Gasteiger partial charge is 0.339 e. The first-order valence-electron chi connectivity index (χ1n) is 5.69. The Kier molecular flexibility index (Phi) is 4.14. The minimum absolute atomic E-state index is 0.00852. The highest BCUT2D eigenvalue weighted by Crippen LogP contribution is 2.27. The summed E-state index contributed by atoms with van der Waals surface area (Å²) in [7, 11) is 0. The number of nitrogens with zero attached hydrogens (tertiary/aromatic N) is 1. The number of thioether (sulfide) groups is 1. The summed E-state index contributed by atoms with van der Waals surface area (Å²) in [6.07, 6.45) is 0. The van der Waals surface area contributed by atoms with Gasteiger partial charge in [-0.3, -0.25) is 9.59 Å². The van der Waals surface area contributed by atoms with Gasteiger partial charge in [0.05, 0.1) is 17.3 Å². The molecular weight excluding hydrogens is 284 g/mol. The Bertz CT molecular complexity index is 575. The Balaban J connectivity index is 2.06. The Hall–Kier alpha value is -2.22. The largest absolute Gasteiger partial charge is 0.505 e. The zero-order valence-electron chi connectivity index (χ0n) is 10.3. The van der Waals surface area contributed by atoms with Crippen LogP contribution in [0, 0.1) is 0 Å². The van der Waals surface area contributed by atoms with Crippen molar-refractivity contribution in [2.45, 2.75) is 0 Å². The van der Waals surface area contributed by atoms with Gasteiger partial charge in [0.25, 0.3) is 0 Å². The van der Waals surface area contributed by atoms with Gasteiger partial charge in [0, 0.05) is 0 Å². The van der Waals surface area contributed by atoms with Crippen molar-refractivity contribution in [3.8, 4) is 5.75 Å². The minimum Gasteiger partial charge on any atom is -0.505 e. The normalized spacial score (nSPS) is 14.4. The number of amides is 2. The summed E-state index contributed by atoms with van der Waals surface area (Å²) in [5, 5.41) is 21.0. The first-order valence-corrected chi connectivity index (χ1v) is 6.85. The molecule has 0 atom stereocenters. The monoisotopic (exact) mass is 296 g/mol. The van der Waals surface area contributed by atoms with Crippen molar-refractivity contribution in [3.05, 3.63) is 23.8 Å². The number of rotatable bonds is 4. The topological polar surface area (TPSA) is 107 Å². The average Bonchev–Trinajstić information content (AvgIpc) is 2.77. The van der Waals surface area contributed by atoms with Gasteiger partial charge in [-0.25, -0.2) is 4.79 Å². The summed E-state index contributed by atoms with van der Waals surface area (Å²) >= 11 is 1.42. The highest BCUT2D eigenvalue weighted by atomic mass is 32.2. The second-order valence-corrected chi connectivity index (χ2v) is 5.08. The number of benzene rings is 1. The molecule has 1 saturated heterocycles. The summed E-state index contributed by atoms with van der Waals surface area (Å²) in [5.41, 5.74) is -0.287. The molecule has 1 aliphatic heterocycles. The second-order valence-electron chi connectivity index (χ2n) is 4.12. The standard InChI is InChI=1S/C12H12N2O5S/c15-9(4-14-6-20-5-10(14)16)13-8-3-1-2-7(11(8)17)12(18)19/h1-3,17H,4-6H2,(H,13,15)(H,18,19). The number of hydrogen-bond acceptors (Lipinski definition) is 5. The number of hydrogen-bond donors (Lipinski definition) is 3. The fourth-order valence-corrected chi connectivity index (χ4v) is 2.62. The lowest BCUT2D eigenvalue weighted by atomic mass is 10.1. The maximum Gasteiger partial charge on any atom is 0.339 e. The van der Waals surface area contributed by atoms with Gasteiger partial charge in [0.2, 0.25) is 11.8 Å². The van der Waals surface area contributed by atoms with Crippen LogP contribution in [0.25, 0.3) is 0 Å². The molecule has 1 heterocycles. The van der Waals surface area contributed by atoms with Crippen molar-refractivity contribution >= 4 is 35.2 Å². The SMILES string of the molecule is O=C(CN1CSCC1=O)Nc1cccc(C(=O)O)c1O. The van der Waals surface area contributed by atoms with E-state index in [0.717, 1.165) is 0 Å². The third-order valence-electron chi connectivity index (χ3n) is 2.70. The van der Waals surface area contributed by atoms with Crippen LogP contribution in [0.3, 0.4) is 0 Å². The zero-order valence-corrected chi connectivity index (χ0v) is 11.1. The molecule has 8 heteroatoms. The lowest BCUT2D eigenvalue weighted by Gasteiger charge is -2.15. The van der Waals surface area contributed by atoms with Crippen LogP contribution in [0.1, 0.15) is 10.4 Å². The Morgan fingerprint density at radius 3 is 2.75 bits per heavy atom. The van der Waals surface area contributed by atoms with Crippen LogP contribution in [0.4, 0.5) is 5.69 Å². The number of para-hydroxylation sites is 1. The summed E-state index contributed by atoms with van der Waals surface area (Å²) in [5.74, 6) is -1.59. The fraction of sp³-hybridized carbons (Fsp3) is 0.250. The van der Waals surface area contributed by atoms with Crippen molar-refractivity contribution in [2.75, 3.05) is 23.5 Å². The highest BCUT2D eigenvalue weighted by Gasteiger charge is 2.23. The number of phenols is 1. The number of aromatic carboxylic acids is 1. The van der Waals surface area contributed by atoms with E-state index in [-0.39, 0.29) is 23.7 Å². The van der Waals surface area contributed by atoms with Crippen LogP contribution >= 0.6 is 11.8 Å². The van der Waals surface area contributed by atoms with Crippen LogP contribution in [-0.4, -0.2) is 51.1 Å². The molecule has 0 aromatic heterocycles. The third kappa shape index (κ3) is 3.02. The zero-order chi connectivity index (χ0) is 14.7. The van der Waals surface area contributed by atoms with Crippen LogP contribution in [0.5, 0.6) is 5.75 Å². The maximum absolute atomic E-state index is 11.8. The van der Waals surface area contributed by atoms with Gasteiger partial charge in [-0.05, 0) is 12.1 Å². The minimum atomic E-state index is -1.29. The first kappa shape index (κ1) is 14.2. The van der Waals surface area contributed by atoms with Crippen LogP contribution in [0.2, 0.25) is 0 Å². The van der Waals surface area contributed by atoms with Crippen LogP contribution in [0.15, 0.2) is 18.2 Å². The quantitative estimate of drug-likeness (QED) is 0.701. The van der Waals surface area contributed by atoms with E-state index in [2.05, 4.69) is 5.32 Å². The van der Waals surface area contributed by atoms with E-state index >= 15 is 0 Å². The van der Waals surface area contributed by atoms with Crippen molar-refractivity contribution in [1.82, 2.24) is 4.90 Å². The van der Waals surface area contributed by atoms with E-state index in [9.17, 15) is 19.5 Å². The number of carboxylic acid groups (broad SMARTS) is 1. The first-order chi connectivity index (χ1) is 9.49. The van der Waals surface area contributed by atoms with Gasteiger partial charge in [-0.2, -0.15) is 0 Å². The molecule has 106 valence electrons. The second kappa shape index (κ2) is 5.83. The van der Waals surface area contributed by atoms with Gasteiger partial charge in [0.1, 0.15) is 12.1 Å². The Labute approximate surface area is 118 Å². The molecule has 0 radical (unpaired) electrons. The van der Waals surface area contributed by atoms with Gasteiger partial charge in [-0.15, -0.1) is 11.8 Å². The van der Waals surface area contributed by atoms with Crippen LogP contribution in [-0.2, 0) is 9.59 Å². The molecule has 0 aliphatic carbocycles. The third-order valence-corrected chi connectivity index (χ3v) is 3.65. The molecule has 1 aromatic carbocycles. The highest BCUT2D eigenvalue weighted by molar-refractivity contribution is 8.00. The van der Waals surface area contributed by atoms with E-state index in [0.29, 0.717) is 11.6 Å². The number of nitrogens with one attached hydrogen (secondary N) is 1. The van der Waals surface area contributed by atoms with E-state index in [1.807, 2.05) is 0 Å². The van der Waals surface area contributed by atoms with Crippen molar-refractivity contribution in [1.29, 1.82) is 0 Å². The predicted molar refractivity (Wildman–Crippen MR) is 72.7 cm³/mol. The number of carboxylic acids is 1. The molecule has 1 aromatic rings. The number of carbonyl (C=O) groups is 3. The molecule has 0 saturated carbocycles. The Morgan fingerprint density at radius 2 is 2.15 bits per heavy atom. The van der Waals surface area contributed by atoms with Crippen LogP contribution < -0.4 is 5.32 Å². The van der Waals surface area contributed by atoms with E-state index in [1.54, 1.807) is 0 Å². The van der Waals surface area contributed by atoms with E-state index in [4.69, 9.17) is 5.11 Å².